The molecular weight excluding hydrogens is 452 g/mol. The normalized spacial score (nSPS) is 11.1. The molecule has 0 aliphatic rings. The van der Waals surface area contributed by atoms with Gasteiger partial charge in [0.25, 0.3) is 15.9 Å². The molecule has 0 unspecified atom stereocenters. The lowest BCUT2D eigenvalue weighted by Gasteiger charge is -2.19. The summed E-state index contributed by atoms with van der Waals surface area (Å²) in [6, 6.07) is 24.0. The van der Waals surface area contributed by atoms with Crippen LogP contribution in [0, 0.1) is 0 Å². The Bertz CT molecular complexity index is 1380. The van der Waals surface area contributed by atoms with Crippen LogP contribution in [0.15, 0.2) is 96.0 Å². The molecule has 9 heteroatoms. The third kappa shape index (κ3) is 4.94. The van der Waals surface area contributed by atoms with Crippen LogP contribution in [0.5, 0.6) is 5.75 Å². The van der Waals surface area contributed by atoms with E-state index in [1.54, 1.807) is 60.5 Å². The van der Waals surface area contributed by atoms with E-state index in [1.807, 2.05) is 30.3 Å². The Morgan fingerprint density at radius 3 is 2.44 bits per heavy atom. The predicted molar refractivity (Wildman–Crippen MR) is 130 cm³/mol. The number of amides is 1. The second-order valence-electron chi connectivity index (χ2n) is 7.47. The minimum absolute atomic E-state index is 0.0373. The molecule has 4 rings (SSSR count). The Kier molecular flexibility index (Phi) is 6.65. The molecule has 8 nitrogen and oxygen atoms in total. The van der Waals surface area contributed by atoms with Crippen LogP contribution in [-0.4, -0.2) is 38.3 Å². The van der Waals surface area contributed by atoms with E-state index in [-0.39, 0.29) is 17.0 Å². The average Bonchev–Trinajstić information content (AvgIpc) is 3.36. The lowest BCUT2D eigenvalue weighted by molar-refractivity contribution is 0.0950. The summed E-state index contributed by atoms with van der Waals surface area (Å²) in [6.07, 6.45) is 1.80. The minimum Gasteiger partial charge on any atom is -0.497 e. The number of nitrogens with one attached hydrogen (secondary N) is 1. The summed E-state index contributed by atoms with van der Waals surface area (Å²) in [4.78, 5) is 12.8. The predicted octanol–water partition coefficient (Wildman–Crippen LogP) is 3.64. The number of sulfonamides is 1. The molecule has 1 heterocycles. The zero-order valence-electron chi connectivity index (χ0n) is 18.8. The molecule has 4 aromatic rings. The number of hydrogen-bond acceptors (Lipinski definition) is 5. The van der Waals surface area contributed by atoms with Gasteiger partial charge < -0.3 is 10.1 Å². The Morgan fingerprint density at radius 1 is 1.00 bits per heavy atom. The number of nitrogens with zero attached hydrogens (tertiary/aromatic N) is 3. The van der Waals surface area contributed by atoms with Crippen LogP contribution >= 0.6 is 0 Å². The van der Waals surface area contributed by atoms with Crippen molar-refractivity contribution in [2.75, 3.05) is 18.5 Å². The number of rotatable bonds is 8. The molecule has 0 atom stereocenters. The summed E-state index contributed by atoms with van der Waals surface area (Å²) in [5, 5.41) is 7.27. The van der Waals surface area contributed by atoms with Gasteiger partial charge in [0.15, 0.2) is 0 Å². The molecule has 174 valence electrons. The van der Waals surface area contributed by atoms with E-state index in [4.69, 9.17) is 4.74 Å². The SMILES string of the molecule is COc1ccc(-n2ccc(CNC(=O)c3cccc(S(=O)(=O)N(C)c4ccccc4)c3)n2)cc1. The summed E-state index contributed by atoms with van der Waals surface area (Å²) in [7, 11) is -0.729. The molecule has 0 fully saturated rings. The van der Waals surface area contributed by atoms with Gasteiger partial charge in [0.1, 0.15) is 5.75 Å². The fraction of sp³-hybridized carbons (Fsp3) is 0.120. The Labute approximate surface area is 198 Å². The van der Waals surface area contributed by atoms with E-state index in [9.17, 15) is 13.2 Å². The van der Waals surface area contributed by atoms with Crippen molar-refractivity contribution in [3.63, 3.8) is 0 Å². The van der Waals surface area contributed by atoms with Crippen molar-refractivity contribution >= 4 is 21.6 Å². The number of ether oxygens (including phenoxy) is 1. The van der Waals surface area contributed by atoms with Gasteiger partial charge in [-0.25, -0.2) is 13.1 Å². The van der Waals surface area contributed by atoms with E-state index in [1.165, 1.54) is 23.5 Å². The van der Waals surface area contributed by atoms with Crippen LogP contribution in [0.25, 0.3) is 5.69 Å². The molecular formula is C25H24N4O4S. The topological polar surface area (TPSA) is 93.5 Å². The molecule has 0 saturated heterocycles. The fourth-order valence-corrected chi connectivity index (χ4v) is 4.58. The average molecular weight is 477 g/mol. The minimum atomic E-state index is -3.82. The van der Waals surface area contributed by atoms with Crippen molar-refractivity contribution in [2.45, 2.75) is 11.4 Å². The molecule has 1 N–H and O–H groups in total. The lowest BCUT2D eigenvalue weighted by Crippen LogP contribution is -2.27. The fourth-order valence-electron chi connectivity index (χ4n) is 3.34. The third-order valence-electron chi connectivity index (χ3n) is 5.29. The first-order valence-corrected chi connectivity index (χ1v) is 11.9. The molecule has 3 aromatic carbocycles. The van der Waals surface area contributed by atoms with Gasteiger partial charge in [-0.3, -0.25) is 9.10 Å². The van der Waals surface area contributed by atoms with Crippen molar-refractivity contribution in [1.82, 2.24) is 15.1 Å². The molecule has 0 aliphatic heterocycles. The van der Waals surface area contributed by atoms with E-state index in [0.29, 0.717) is 11.4 Å². The standard InChI is InChI=1S/C25H24N4O4S/c1-28(21-8-4-3-5-9-21)34(31,32)24-10-6-7-19(17-24)25(30)26-18-20-15-16-29(27-20)22-11-13-23(33-2)14-12-22/h3-17H,18H2,1-2H3,(H,26,30). The number of methoxy groups -OCH3 is 1. The second-order valence-corrected chi connectivity index (χ2v) is 9.44. The largest absolute Gasteiger partial charge is 0.497 e. The van der Waals surface area contributed by atoms with Crippen LogP contribution in [0.4, 0.5) is 5.69 Å². The number of benzene rings is 3. The highest BCUT2D eigenvalue weighted by molar-refractivity contribution is 7.92. The van der Waals surface area contributed by atoms with Crippen LogP contribution in [0.2, 0.25) is 0 Å². The Hall–Kier alpha value is -4.11. The molecule has 0 radical (unpaired) electrons. The number of anilines is 1. The number of carbonyl (C=O) groups is 1. The summed E-state index contributed by atoms with van der Waals surface area (Å²) in [6.45, 7) is 0.197. The Balaban J connectivity index is 1.44. The smallest absolute Gasteiger partial charge is 0.264 e. The van der Waals surface area contributed by atoms with Crippen LogP contribution in [-0.2, 0) is 16.6 Å². The molecule has 0 saturated carbocycles. The first kappa shape index (κ1) is 23.1. The van der Waals surface area contributed by atoms with Gasteiger partial charge in [-0.15, -0.1) is 0 Å². The molecule has 34 heavy (non-hydrogen) atoms. The zero-order chi connectivity index (χ0) is 24.1. The molecule has 1 aromatic heterocycles. The monoisotopic (exact) mass is 476 g/mol. The number of aromatic nitrogens is 2. The van der Waals surface area contributed by atoms with Gasteiger partial charge in [0, 0.05) is 18.8 Å². The second kappa shape index (κ2) is 9.80. The van der Waals surface area contributed by atoms with Crippen molar-refractivity contribution in [3.8, 4) is 11.4 Å². The highest BCUT2D eigenvalue weighted by Gasteiger charge is 2.22. The summed E-state index contributed by atoms with van der Waals surface area (Å²) < 4.78 is 34.1. The lowest BCUT2D eigenvalue weighted by atomic mass is 10.2. The number of para-hydroxylation sites is 1. The molecule has 0 bridgehead atoms. The van der Waals surface area contributed by atoms with Crippen molar-refractivity contribution in [2.24, 2.45) is 0 Å². The summed E-state index contributed by atoms with van der Waals surface area (Å²) >= 11 is 0. The maximum atomic E-state index is 13.0. The highest BCUT2D eigenvalue weighted by Crippen LogP contribution is 2.22. The molecule has 0 aliphatic carbocycles. The maximum absolute atomic E-state index is 13.0. The van der Waals surface area contributed by atoms with E-state index in [0.717, 1.165) is 11.4 Å². The van der Waals surface area contributed by atoms with Gasteiger partial charge in [-0.2, -0.15) is 5.10 Å². The Morgan fingerprint density at radius 2 is 1.74 bits per heavy atom. The third-order valence-corrected chi connectivity index (χ3v) is 7.07. The van der Waals surface area contributed by atoms with Crippen LogP contribution in [0.3, 0.4) is 0 Å². The quantitative estimate of drug-likeness (QED) is 0.419. The van der Waals surface area contributed by atoms with E-state index < -0.39 is 15.9 Å². The van der Waals surface area contributed by atoms with Gasteiger partial charge >= 0.3 is 0 Å². The van der Waals surface area contributed by atoms with Gasteiger partial charge in [0.05, 0.1) is 35.6 Å². The highest BCUT2D eigenvalue weighted by atomic mass is 32.2. The van der Waals surface area contributed by atoms with Gasteiger partial charge in [-0.1, -0.05) is 24.3 Å². The first-order valence-electron chi connectivity index (χ1n) is 10.5. The first-order chi connectivity index (χ1) is 16.4. The van der Waals surface area contributed by atoms with Crippen molar-refractivity contribution in [3.05, 3.63) is 102 Å². The summed E-state index contributed by atoms with van der Waals surface area (Å²) in [5.41, 5.74) is 2.30. The number of carbonyl (C=O) groups excluding carboxylic acids is 1. The zero-order valence-corrected chi connectivity index (χ0v) is 19.6. The van der Waals surface area contributed by atoms with Crippen molar-refractivity contribution < 1.29 is 17.9 Å². The van der Waals surface area contributed by atoms with Crippen LogP contribution < -0.4 is 14.4 Å². The van der Waals surface area contributed by atoms with Crippen molar-refractivity contribution in [1.29, 1.82) is 0 Å². The maximum Gasteiger partial charge on any atom is 0.264 e. The summed E-state index contributed by atoms with van der Waals surface area (Å²) in [5.74, 6) is 0.362. The van der Waals surface area contributed by atoms with E-state index in [2.05, 4.69) is 10.4 Å². The van der Waals surface area contributed by atoms with Gasteiger partial charge in [-0.05, 0) is 60.7 Å². The molecule has 1 amide bonds. The van der Waals surface area contributed by atoms with E-state index >= 15 is 0 Å². The van der Waals surface area contributed by atoms with Gasteiger partial charge in [0.2, 0.25) is 0 Å². The molecule has 0 spiro atoms. The number of hydrogen-bond donors (Lipinski definition) is 1. The van der Waals surface area contributed by atoms with Crippen LogP contribution in [0.1, 0.15) is 16.1 Å².